The van der Waals surface area contributed by atoms with Gasteiger partial charge >= 0.3 is 0 Å². The Morgan fingerprint density at radius 1 is 0.778 bits per heavy atom. The van der Waals surface area contributed by atoms with E-state index < -0.39 is 28.5 Å². The second kappa shape index (κ2) is 15.4. The molecule has 0 aromatic heterocycles. The third kappa shape index (κ3) is 8.73. The summed E-state index contributed by atoms with van der Waals surface area (Å²) in [5.41, 5.74) is 3.11. The zero-order valence-corrected chi connectivity index (χ0v) is 27.1. The van der Waals surface area contributed by atoms with Gasteiger partial charge in [-0.2, -0.15) is 0 Å². The van der Waals surface area contributed by atoms with Gasteiger partial charge in [-0.1, -0.05) is 79.6 Å². The summed E-state index contributed by atoms with van der Waals surface area (Å²) in [5, 5.41) is 2.91. The van der Waals surface area contributed by atoms with Crippen molar-refractivity contribution in [3.05, 3.63) is 120 Å². The molecule has 0 aliphatic rings. The van der Waals surface area contributed by atoms with Gasteiger partial charge in [-0.05, 0) is 80.8 Å². The highest BCUT2D eigenvalue weighted by Gasteiger charge is 2.33. The minimum atomic E-state index is -4.17. The second-order valence-corrected chi connectivity index (χ2v) is 12.8. The Balaban J connectivity index is 1.71. The number of nitrogens with zero attached hydrogens (tertiary/aromatic N) is 2. The minimum absolute atomic E-state index is 0.0586. The lowest BCUT2D eigenvalue weighted by Gasteiger charge is -2.33. The number of nitrogens with one attached hydrogen (secondary N) is 1. The highest BCUT2D eigenvalue weighted by atomic mass is 32.2. The van der Waals surface area contributed by atoms with E-state index in [-0.39, 0.29) is 17.3 Å². The number of amides is 2. The molecule has 0 unspecified atom stereocenters. The van der Waals surface area contributed by atoms with Crippen molar-refractivity contribution in [2.24, 2.45) is 0 Å². The highest BCUT2D eigenvalue weighted by Crippen LogP contribution is 2.29. The monoisotopic (exact) mass is 627 g/mol. The molecule has 0 fully saturated rings. The van der Waals surface area contributed by atoms with Crippen LogP contribution in [-0.4, -0.2) is 44.3 Å². The summed E-state index contributed by atoms with van der Waals surface area (Å²) < 4.78 is 35.3. The summed E-state index contributed by atoms with van der Waals surface area (Å²) in [6, 6.07) is 29.3. The van der Waals surface area contributed by atoms with Gasteiger partial charge in [0, 0.05) is 13.1 Å². The van der Waals surface area contributed by atoms with Crippen molar-refractivity contribution in [2.75, 3.05) is 17.4 Å². The summed E-state index contributed by atoms with van der Waals surface area (Å²) in [6.07, 6.45) is 1.12. The maximum atomic E-state index is 14.2. The molecule has 2 amide bonds. The molecule has 0 radical (unpaired) electrons. The van der Waals surface area contributed by atoms with Crippen LogP contribution in [0.4, 0.5) is 5.69 Å². The van der Waals surface area contributed by atoms with Gasteiger partial charge in [0.25, 0.3) is 10.0 Å². The average Bonchev–Trinajstić information content (AvgIpc) is 3.04. The van der Waals surface area contributed by atoms with E-state index in [1.54, 1.807) is 36.4 Å². The van der Waals surface area contributed by atoms with Crippen molar-refractivity contribution in [3.63, 3.8) is 0 Å². The zero-order chi connectivity index (χ0) is 32.4. The number of benzene rings is 4. The Hall–Kier alpha value is -4.63. The second-order valence-electron chi connectivity index (χ2n) is 11.0. The van der Waals surface area contributed by atoms with Crippen LogP contribution < -0.4 is 14.4 Å². The number of ether oxygens (including phenoxy) is 1. The quantitative estimate of drug-likeness (QED) is 0.169. The van der Waals surface area contributed by atoms with E-state index in [0.29, 0.717) is 30.2 Å². The first-order valence-electron chi connectivity index (χ1n) is 15.2. The van der Waals surface area contributed by atoms with Crippen LogP contribution in [0.2, 0.25) is 0 Å². The SMILES string of the molecule is CCCNC(=O)[C@@H](CC)N(Cc1ccc(C)cc1)C(=O)CN(c1ccc(Oc2ccccc2)cc1)S(=O)(=O)c1ccc(C)cc1. The molecule has 0 bridgehead atoms. The Labute approximate surface area is 266 Å². The van der Waals surface area contributed by atoms with Crippen molar-refractivity contribution in [1.29, 1.82) is 0 Å². The highest BCUT2D eigenvalue weighted by molar-refractivity contribution is 7.92. The molecule has 8 nitrogen and oxygen atoms in total. The maximum Gasteiger partial charge on any atom is 0.264 e. The first-order valence-corrected chi connectivity index (χ1v) is 16.6. The van der Waals surface area contributed by atoms with Crippen LogP contribution in [0.1, 0.15) is 43.4 Å². The Kier molecular flexibility index (Phi) is 11.4. The van der Waals surface area contributed by atoms with Gasteiger partial charge in [0.05, 0.1) is 10.6 Å². The van der Waals surface area contributed by atoms with Crippen LogP contribution in [0.3, 0.4) is 0 Å². The van der Waals surface area contributed by atoms with Gasteiger partial charge in [0.1, 0.15) is 24.1 Å². The minimum Gasteiger partial charge on any atom is -0.457 e. The predicted octanol–water partition coefficient (Wildman–Crippen LogP) is 6.62. The van der Waals surface area contributed by atoms with E-state index in [0.717, 1.165) is 27.4 Å². The number of para-hydroxylation sites is 1. The fraction of sp³-hybridized carbons (Fsp3) is 0.278. The lowest BCUT2D eigenvalue weighted by Crippen LogP contribution is -2.52. The number of anilines is 1. The fourth-order valence-electron chi connectivity index (χ4n) is 4.85. The molecule has 236 valence electrons. The lowest BCUT2D eigenvalue weighted by atomic mass is 10.1. The average molecular weight is 628 g/mol. The van der Waals surface area contributed by atoms with Gasteiger partial charge < -0.3 is 15.0 Å². The molecule has 4 rings (SSSR count). The molecule has 0 saturated heterocycles. The molecule has 4 aromatic carbocycles. The number of carbonyl (C=O) groups is 2. The van der Waals surface area contributed by atoms with Crippen molar-refractivity contribution >= 4 is 27.5 Å². The van der Waals surface area contributed by atoms with Gasteiger partial charge in [0.15, 0.2) is 0 Å². The van der Waals surface area contributed by atoms with E-state index in [4.69, 9.17) is 4.74 Å². The molecule has 4 aromatic rings. The molecule has 0 heterocycles. The molecule has 1 N–H and O–H groups in total. The number of carbonyl (C=O) groups excluding carboxylic acids is 2. The summed E-state index contributed by atoms with van der Waals surface area (Å²) in [6.45, 7) is 7.79. The normalized spacial score (nSPS) is 11.8. The van der Waals surface area contributed by atoms with Crippen molar-refractivity contribution in [1.82, 2.24) is 10.2 Å². The number of sulfonamides is 1. The largest absolute Gasteiger partial charge is 0.457 e. The topological polar surface area (TPSA) is 96.0 Å². The molecule has 45 heavy (non-hydrogen) atoms. The number of rotatable bonds is 14. The van der Waals surface area contributed by atoms with Crippen LogP contribution in [0.15, 0.2) is 108 Å². The van der Waals surface area contributed by atoms with Crippen LogP contribution in [0, 0.1) is 13.8 Å². The van der Waals surface area contributed by atoms with Gasteiger partial charge in [0.2, 0.25) is 11.8 Å². The molecule has 0 saturated carbocycles. The summed E-state index contributed by atoms with van der Waals surface area (Å²) in [4.78, 5) is 29.0. The third-order valence-electron chi connectivity index (χ3n) is 7.40. The third-order valence-corrected chi connectivity index (χ3v) is 9.19. The van der Waals surface area contributed by atoms with Gasteiger partial charge in [-0.25, -0.2) is 8.42 Å². The first kappa shape index (κ1) is 33.3. The number of hydrogen-bond donors (Lipinski definition) is 1. The Bertz CT molecular complexity index is 1660. The molecule has 0 spiro atoms. The van der Waals surface area contributed by atoms with Crippen LogP contribution >= 0.6 is 0 Å². The van der Waals surface area contributed by atoms with Crippen molar-refractivity contribution in [3.8, 4) is 11.5 Å². The Morgan fingerprint density at radius 2 is 1.36 bits per heavy atom. The van der Waals surface area contributed by atoms with Crippen LogP contribution in [0.5, 0.6) is 11.5 Å². The summed E-state index contributed by atoms with van der Waals surface area (Å²) >= 11 is 0. The van der Waals surface area contributed by atoms with Gasteiger partial charge in [-0.15, -0.1) is 0 Å². The van der Waals surface area contributed by atoms with Crippen molar-refractivity contribution < 1.29 is 22.7 Å². The standard InChI is InChI=1S/C36H41N3O5S/c1-5-24-37-36(41)34(6-2)38(25-29-16-12-27(3)13-17-29)35(40)26-39(45(42,43)33-22-14-28(4)15-23-33)30-18-20-32(21-19-30)44-31-10-8-7-9-11-31/h7-23,34H,5-6,24-26H2,1-4H3,(H,37,41)/t34-/m1/s1. The van der Waals surface area contributed by atoms with E-state index in [1.165, 1.54) is 17.0 Å². The Morgan fingerprint density at radius 3 is 1.93 bits per heavy atom. The molecular formula is C36H41N3O5S. The first-order chi connectivity index (χ1) is 21.6. The molecule has 9 heteroatoms. The lowest BCUT2D eigenvalue weighted by molar-refractivity contribution is -0.140. The molecule has 1 atom stereocenters. The van der Waals surface area contributed by atoms with E-state index in [9.17, 15) is 18.0 Å². The van der Waals surface area contributed by atoms with Crippen molar-refractivity contribution in [2.45, 2.75) is 58.0 Å². The molecular weight excluding hydrogens is 586 g/mol. The fourth-order valence-corrected chi connectivity index (χ4v) is 6.26. The van der Waals surface area contributed by atoms with Crippen LogP contribution in [-0.2, 0) is 26.2 Å². The van der Waals surface area contributed by atoms with E-state index in [1.807, 2.05) is 82.3 Å². The summed E-state index contributed by atoms with van der Waals surface area (Å²) in [5.74, 6) is 0.399. The van der Waals surface area contributed by atoms with E-state index in [2.05, 4.69) is 5.32 Å². The summed E-state index contributed by atoms with van der Waals surface area (Å²) in [7, 11) is -4.17. The predicted molar refractivity (Wildman–Crippen MR) is 178 cm³/mol. The van der Waals surface area contributed by atoms with Crippen LogP contribution in [0.25, 0.3) is 0 Å². The smallest absolute Gasteiger partial charge is 0.264 e. The molecule has 0 aliphatic heterocycles. The number of hydrogen-bond acceptors (Lipinski definition) is 5. The zero-order valence-electron chi connectivity index (χ0n) is 26.3. The van der Waals surface area contributed by atoms with E-state index >= 15 is 0 Å². The number of aryl methyl sites for hydroxylation is 2. The van der Waals surface area contributed by atoms with Gasteiger partial charge in [-0.3, -0.25) is 13.9 Å². The maximum absolute atomic E-state index is 14.2. The molecule has 0 aliphatic carbocycles.